The predicted octanol–water partition coefficient (Wildman–Crippen LogP) is 3.54. The summed E-state index contributed by atoms with van der Waals surface area (Å²) < 4.78 is 13.9. The van der Waals surface area contributed by atoms with Gasteiger partial charge >= 0.3 is 0 Å². The lowest BCUT2D eigenvalue weighted by Gasteiger charge is -2.06. The zero-order chi connectivity index (χ0) is 13.1. The minimum atomic E-state index is -0.422. The predicted molar refractivity (Wildman–Crippen MR) is 71.0 cm³/mol. The van der Waals surface area contributed by atoms with E-state index in [2.05, 4.69) is 26.2 Å². The highest BCUT2D eigenvalue weighted by Crippen LogP contribution is 2.13. The number of anilines is 1. The third kappa shape index (κ3) is 3.13. The molecule has 1 aromatic heterocycles. The molecule has 2 rings (SSSR count). The van der Waals surface area contributed by atoms with E-state index in [1.54, 1.807) is 25.1 Å². The Morgan fingerprint density at radius 1 is 1.33 bits per heavy atom. The van der Waals surface area contributed by atoms with Gasteiger partial charge in [-0.3, -0.25) is 4.79 Å². The van der Waals surface area contributed by atoms with E-state index in [1.165, 1.54) is 18.3 Å². The summed E-state index contributed by atoms with van der Waals surface area (Å²) in [5.74, 6) is -0.782. The van der Waals surface area contributed by atoms with Crippen molar-refractivity contribution in [3.05, 3.63) is 58.1 Å². The number of nitrogens with one attached hydrogen (secondary N) is 1. The zero-order valence-electron chi connectivity index (χ0n) is 9.58. The van der Waals surface area contributed by atoms with Crippen molar-refractivity contribution in [2.45, 2.75) is 6.92 Å². The maximum atomic E-state index is 13.2. The molecule has 0 saturated carbocycles. The Hall–Kier alpha value is -1.75. The second-order valence-corrected chi connectivity index (χ2v) is 4.65. The van der Waals surface area contributed by atoms with Gasteiger partial charge in [-0.25, -0.2) is 9.37 Å². The average Bonchev–Trinajstić information content (AvgIpc) is 2.31. The summed E-state index contributed by atoms with van der Waals surface area (Å²) in [5, 5.41) is 2.65. The summed E-state index contributed by atoms with van der Waals surface area (Å²) in [4.78, 5) is 15.9. The molecule has 0 bridgehead atoms. The summed E-state index contributed by atoms with van der Waals surface area (Å²) in [6.07, 6.45) is 1.52. The first kappa shape index (κ1) is 12.7. The number of carbonyl (C=O) groups is 1. The Bertz CT molecular complexity index is 564. The van der Waals surface area contributed by atoms with E-state index in [1.807, 2.05) is 0 Å². The SMILES string of the molecule is Cc1cc(F)cc(C(=O)Nc2ccc(Br)nc2)c1. The van der Waals surface area contributed by atoms with Gasteiger partial charge in [-0.2, -0.15) is 0 Å². The molecule has 0 saturated heterocycles. The van der Waals surface area contributed by atoms with Crippen LogP contribution in [-0.2, 0) is 0 Å². The number of hydrogen-bond acceptors (Lipinski definition) is 2. The van der Waals surface area contributed by atoms with Crippen molar-refractivity contribution < 1.29 is 9.18 Å². The molecule has 1 amide bonds. The first-order valence-electron chi connectivity index (χ1n) is 5.25. The van der Waals surface area contributed by atoms with E-state index < -0.39 is 5.82 Å². The number of benzene rings is 1. The minimum Gasteiger partial charge on any atom is -0.321 e. The van der Waals surface area contributed by atoms with Crippen molar-refractivity contribution in [1.29, 1.82) is 0 Å². The lowest BCUT2D eigenvalue weighted by atomic mass is 10.1. The topological polar surface area (TPSA) is 42.0 Å². The summed E-state index contributed by atoms with van der Waals surface area (Å²) in [7, 11) is 0. The van der Waals surface area contributed by atoms with Gasteiger partial charge in [-0.15, -0.1) is 0 Å². The molecule has 1 aromatic carbocycles. The third-order valence-electron chi connectivity index (χ3n) is 2.29. The molecule has 18 heavy (non-hydrogen) atoms. The van der Waals surface area contributed by atoms with Gasteiger partial charge in [0.25, 0.3) is 5.91 Å². The molecule has 0 unspecified atom stereocenters. The summed E-state index contributed by atoms with van der Waals surface area (Å²) in [6, 6.07) is 7.63. The zero-order valence-corrected chi connectivity index (χ0v) is 11.2. The quantitative estimate of drug-likeness (QED) is 0.862. The van der Waals surface area contributed by atoms with Gasteiger partial charge in [-0.1, -0.05) is 0 Å². The van der Waals surface area contributed by atoms with Gasteiger partial charge in [0.1, 0.15) is 10.4 Å². The van der Waals surface area contributed by atoms with Gasteiger partial charge < -0.3 is 5.32 Å². The standard InChI is InChI=1S/C13H10BrFN2O/c1-8-4-9(6-10(15)5-8)13(18)17-11-2-3-12(14)16-7-11/h2-7H,1H3,(H,17,18). The molecule has 0 spiro atoms. The molecule has 0 aliphatic carbocycles. The van der Waals surface area contributed by atoms with E-state index >= 15 is 0 Å². The van der Waals surface area contributed by atoms with E-state index in [0.717, 1.165) is 0 Å². The van der Waals surface area contributed by atoms with Gasteiger partial charge in [0.2, 0.25) is 0 Å². The normalized spacial score (nSPS) is 10.2. The number of aromatic nitrogens is 1. The highest BCUT2D eigenvalue weighted by atomic mass is 79.9. The average molecular weight is 309 g/mol. The van der Waals surface area contributed by atoms with E-state index in [4.69, 9.17) is 0 Å². The number of pyridine rings is 1. The van der Waals surface area contributed by atoms with Gasteiger partial charge in [0.05, 0.1) is 11.9 Å². The fraction of sp³-hybridized carbons (Fsp3) is 0.0769. The molecule has 0 fully saturated rings. The molecule has 5 heteroatoms. The van der Waals surface area contributed by atoms with Crippen LogP contribution in [0.2, 0.25) is 0 Å². The Labute approximate surface area is 112 Å². The minimum absolute atomic E-state index is 0.287. The summed E-state index contributed by atoms with van der Waals surface area (Å²) >= 11 is 3.20. The van der Waals surface area contributed by atoms with Crippen LogP contribution < -0.4 is 5.32 Å². The van der Waals surface area contributed by atoms with Crippen molar-refractivity contribution >= 4 is 27.5 Å². The first-order valence-corrected chi connectivity index (χ1v) is 6.04. The number of halogens is 2. The maximum absolute atomic E-state index is 13.2. The van der Waals surface area contributed by atoms with E-state index in [0.29, 0.717) is 15.9 Å². The van der Waals surface area contributed by atoms with E-state index in [9.17, 15) is 9.18 Å². The molecule has 2 aromatic rings. The fourth-order valence-corrected chi connectivity index (χ4v) is 1.75. The molecule has 0 aliphatic heterocycles. The number of amides is 1. The summed E-state index contributed by atoms with van der Waals surface area (Å²) in [5.41, 5.74) is 1.55. The molecule has 1 N–H and O–H groups in total. The Balaban J connectivity index is 2.19. The largest absolute Gasteiger partial charge is 0.321 e. The van der Waals surface area contributed by atoms with Crippen LogP contribution in [-0.4, -0.2) is 10.9 Å². The Kier molecular flexibility index (Phi) is 3.72. The fourth-order valence-electron chi connectivity index (χ4n) is 1.52. The molecule has 92 valence electrons. The van der Waals surface area contributed by atoms with Crippen LogP contribution in [0.5, 0.6) is 0 Å². The highest BCUT2D eigenvalue weighted by Gasteiger charge is 2.08. The molecular formula is C13H10BrFN2O. The monoisotopic (exact) mass is 308 g/mol. The van der Waals surface area contributed by atoms with Crippen LogP contribution in [0, 0.1) is 12.7 Å². The van der Waals surface area contributed by atoms with Crippen LogP contribution in [0.3, 0.4) is 0 Å². The van der Waals surface area contributed by atoms with Gasteiger partial charge in [0.15, 0.2) is 0 Å². The molecule has 3 nitrogen and oxygen atoms in total. The molecule has 1 heterocycles. The van der Waals surface area contributed by atoms with Gasteiger partial charge in [0, 0.05) is 5.56 Å². The number of nitrogens with zero attached hydrogens (tertiary/aromatic N) is 1. The van der Waals surface area contributed by atoms with Crippen LogP contribution >= 0.6 is 15.9 Å². The Morgan fingerprint density at radius 3 is 2.72 bits per heavy atom. The van der Waals surface area contributed by atoms with Crippen LogP contribution in [0.4, 0.5) is 10.1 Å². The Morgan fingerprint density at radius 2 is 2.11 bits per heavy atom. The third-order valence-corrected chi connectivity index (χ3v) is 2.76. The first-order chi connectivity index (χ1) is 8.54. The number of hydrogen-bond donors (Lipinski definition) is 1. The molecule has 0 aliphatic rings. The highest BCUT2D eigenvalue weighted by molar-refractivity contribution is 9.10. The van der Waals surface area contributed by atoms with Gasteiger partial charge in [-0.05, 0) is 58.7 Å². The maximum Gasteiger partial charge on any atom is 0.255 e. The number of carbonyl (C=O) groups excluding carboxylic acids is 1. The second kappa shape index (κ2) is 5.27. The van der Waals surface area contributed by atoms with Crippen molar-refractivity contribution in [3.63, 3.8) is 0 Å². The van der Waals surface area contributed by atoms with Crippen molar-refractivity contribution in [2.75, 3.05) is 5.32 Å². The smallest absolute Gasteiger partial charge is 0.255 e. The number of rotatable bonds is 2. The molecule has 0 radical (unpaired) electrons. The second-order valence-electron chi connectivity index (χ2n) is 3.84. The van der Waals surface area contributed by atoms with Crippen molar-refractivity contribution in [2.24, 2.45) is 0 Å². The van der Waals surface area contributed by atoms with Crippen molar-refractivity contribution in [1.82, 2.24) is 4.98 Å². The van der Waals surface area contributed by atoms with Crippen LogP contribution in [0.15, 0.2) is 41.1 Å². The lowest BCUT2D eigenvalue weighted by Crippen LogP contribution is -2.12. The van der Waals surface area contributed by atoms with Crippen molar-refractivity contribution in [3.8, 4) is 0 Å². The van der Waals surface area contributed by atoms with E-state index in [-0.39, 0.29) is 11.5 Å². The van der Waals surface area contributed by atoms with Crippen LogP contribution in [0.1, 0.15) is 15.9 Å². The summed E-state index contributed by atoms with van der Waals surface area (Å²) in [6.45, 7) is 1.74. The molecule has 0 atom stereocenters. The lowest BCUT2D eigenvalue weighted by molar-refractivity contribution is 0.102. The number of aryl methyl sites for hydroxylation is 1. The molecular weight excluding hydrogens is 299 g/mol. The van der Waals surface area contributed by atoms with Crippen LogP contribution in [0.25, 0.3) is 0 Å².